The van der Waals surface area contributed by atoms with Crippen LogP contribution >= 0.6 is 0 Å². The minimum Gasteiger partial charge on any atom is -0.289 e. The van der Waals surface area contributed by atoms with Crippen LogP contribution in [0.2, 0.25) is 0 Å². The number of alkyl halides is 3. The summed E-state index contributed by atoms with van der Waals surface area (Å²) >= 11 is 0. The van der Waals surface area contributed by atoms with E-state index in [1.165, 1.54) is 12.1 Å². The second kappa shape index (κ2) is 5.12. The molecule has 0 unspecified atom stereocenters. The van der Waals surface area contributed by atoms with Crippen LogP contribution in [0.1, 0.15) is 25.0 Å². The van der Waals surface area contributed by atoms with Gasteiger partial charge >= 0.3 is 6.18 Å². The molecule has 0 spiro atoms. The van der Waals surface area contributed by atoms with Gasteiger partial charge in [0.2, 0.25) is 0 Å². The Morgan fingerprint density at radius 1 is 0.950 bits per heavy atom. The Morgan fingerprint density at radius 3 is 1.90 bits per heavy atom. The predicted molar refractivity (Wildman–Crippen MR) is 71.9 cm³/mol. The summed E-state index contributed by atoms with van der Waals surface area (Å²) in [5.74, 6) is -0.00503. The molecule has 2 rings (SSSR count). The molecule has 0 fully saturated rings. The highest BCUT2D eigenvalue weighted by molar-refractivity contribution is 6.09. The van der Waals surface area contributed by atoms with Crippen LogP contribution in [0.25, 0.3) is 6.08 Å². The SMILES string of the molecule is CC1=CC(=Cc2ccc(C(F)(F)F)cc2)C=C(C)C1=O. The molecule has 0 N–H and O–H groups in total. The van der Waals surface area contributed by atoms with Crippen molar-refractivity contribution in [2.45, 2.75) is 20.0 Å². The van der Waals surface area contributed by atoms with Crippen LogP contribution in [0, 0.1) is 0 Å². The van der Waals surface area contributed by atoms with Gasteiger partial charge in [0, 0.05) is 0 Å². The fourth-order valence-corrected chi connectivity index (χ4v) is 2.03. The number of ketones is 1. The van der Waals surface area contributed by atoms with Crippen molar-refractivity contribution in [2.24, 2.45) is 0 Å². The van der Waals surface area contributed by atoms with Crippen molar-refractivity contribution < 1.29 is 18.0 Å². The summed E-state index contributed by atoms with van der Waals surface area (Å²) in [6, 6.07) is 4.93. The number of halogens is 3. The molecule has 1 aliphatic carbocycles. The molecule has 0 aliphatic heterocycles. The van der Waals surface area contributed by atoms with Gasteiger partial charge in [-0.05, 0) is 66.5 Å². The van der Waals surface area contributed by atoms with Crippen molar-refractivity contribution in [2.75, 3.05) is 0 Å². The standard InChI is InChI=1S/C16H13F3O/c1-10-7-13(8-11(2)15(10)20)9-12-3-5-14(6-4-12)16(17,18)19/h3-9H,1-2H3. The van der Waals surface area contributed by atoms with Crippen LogP contribution in [0.3, 0.4) is 0 Å². The minimum atomic E-state index is -4.32. The molecule has 0 aromatic heterocycles. The summed E-state index contributed by atoms with van der Waals surface area (Å²) in [5.41, 5.74) is 2.05. The molecule has 1 aromatic rings. The molecule has 0 saturated heterocycles. The number of hydrogen-bond donors (Lipinski definition) is 0. The molecule has 1 aromatic carbocycles. The molecule has 1 aliphatic rings. The molecule has 104 valence electrons. The first-order valence-corrected chi connectivity index (χ1v) is 6.07. The highest BCUT2D eigenvalue weighted by Gasteiger charge is 2.29. The molecule has 0 amide bonds. The van der Waals surface area contributed by atoms with Gasteiger partial charge in [0.25, 0.3) is 0 Å². The maximum atomic E-state index is 12.5. The highest BCUT2D eigenvalue weighted by Crippen LogP contribution is 2.29. The third-order valence-corrected chi connectivity index (χ3v) is 3.05. The van der Waals surface area contributed by atoms with E-state index in [0.717, 1.165) is 17.7 Å². The van der Waals surface area contributed by atoms with E-state index in [1.807, 2.05) is 0 Å². The molecular formula is C16H13F3O. The summed E-state index contributed by atoms with van der Waals surface area (Å²) in [6.07, 6.45) is 0.884. The van der Waals surface area contributed by atoms with Crippen LogP contribution in [0.15, 0.2) is 53.1 Å². The summed E-state index contributed by atoms with van der Waals surface area (Å²) in [7, 11) is 0. The number of allylic oxidation sites excluding steroid dienone is 5. The van der Waals surface area contributed by atoms with Crippen molar-refractivity contribution in [3.8, 4) is 0 Å². The van der Waals surface area contributed by atoms with Crippen molar-refractivity contribution in [1.82, 2.24) is 0 Å². The van der Waals surface area contributed by atoms with E-state index in [2.05, 4.69) is 0 Å². The molecule has 0 heterocycles. The molecule has 20 heavy (non-hydrogen) atoms. The Bertz CT molecular complexity index is 605. The lowest BCUT2D eigenvalue weighted by molar-refractivity contribution is -0.137. The fraction of sp³-hybridized carbons (Fsp3) is 0.188. The van der Waals surface area contributed by atoms with Crippen LogP contribution < -0.4 is 0 Å². The van der Waals surface area contributed by atoms with Crippen molar-refractivity contribution in [3.05, 3.63) is 64.3 Å². The van der Waals surface area contributed by atoms with Crippen molar-refractivity contribution in [1.29, 1.82) is 0 Å². The lowest BCUT2D eigenvalue weighted by Crippen LogP contribution is -2.06. The lowest BCUT2D eigenvalue weighted by Gasteiger charge is -2.10. The third kappa shape index (κ3) is 3.07. The summed E-state index contributed by atoms with van der Waals surface area (Å²) < 4.78 is 37.4. The fourth-order valence-electron chi connectivity index (χ4n) is 2.03. The van der Waals surface area contributed by atoms with Crippen LogP contribution in [-0.2, 0) is 11.0 Å². The number of benzene rings is 1. The molecule has 0 bridgehead atoms. The number of carbonyl (C=O) groups excluding carboxylic acids is 1. The average Bonchev–Trinajstić information content (AvgIpc) is 2.35. The molecule has 0 atom stereocenters. The topological polar surface area (TPSA) is 17.1 Å². The smallest absolute Gasteiger partial charge is 0.289 e. The zero-order valence-electron chi connectivity index (χ0n) is 11.1. The van der Waals surface area contributed by atoms with E-state index in [0.29, 0.717) is 16.7 Å². The Morgan fingerprint density at radius 2 is 1.45 bits per heavy atom. The first-order valence-electron chi connectivity index (χ1n) is 6.07. The second-order valence-electron chi connectivity index (χ2n) is 4.75. The largest absolute Gasteiger partial charge is 0.416 e. The van der Waals surface area contributed by atoms with Gasteiger partial charge in [-0.1, -0.05) is 12.1 Å². The normalized spacial score (nSPS) is 15.8. The van der Waals surface area contributed by atoms with Gasteiger partial charge in [0.1, 0.15) is 0 Å². The predicted octanol–water partition coefficient (Wildman–Crippen LogP) is 4.56. The summed E-state index contributed by atoms with van der Waals surface area (Å²) in [5, 5.41) is 0. The van der Waals surface area contributed by atoms with Gasteiger partial charge in [0.05, 0.1) is 5.56 Å². The maximum Gasteiger partial charge on any atom is 0.416 e. The number of hydrogen-bond acceptors (Lipinski definition) is 1. The maximum absolute atomic E-state index is 12.5. The van der Waals surface area contributed by atoms with E-state index in [1.54, 1.807) is 32.1 Å². The van der Waals surface area contributed by atoms with Gasteiger partial charge in [-0.15, -0.1) is 0 Å². The molecular weight excluding hydrogens is 265 g/mol. The number of rotatable bonds is 1. The zero-order valence-corrected chi connectivity index (χ0v) is 11.1. The van der Waals surface area contributed by atoms with Crippen molar-refractivity contribution >= 4 is 11.9 Å². The first kappa shape index (κ1) is 14.3. The third-order valence-electron chi connectivity index (χ3n) is 3.05. The Kier molecular flexibility index (Phi) is 3.66. The van der Waals surface area contributed by atoms with E-state index in [4.69, 9.17) is 0 Å². The first-order chi connectivity index (χ1) is 9.27. The lowest BCUT2D eigenvalue weighted by atomic mass is 9.94. The monoisotopic (exact) mass is 278 g/mol. The van der Waals surface area contributed by atoms with Crippen LogP contribution in [0.4, 0.5) is 13.2 Å². The summed E-state index contributed by atoms with van der Waals surface area (Å²) in [6.45, 7) is 3.44. The molecule has 0 radical (unpaired) electrons. The minimum absolute atomic E-state index is 0.00503. The van der Waals surface area contributed by atoms with E-state index in [-0.39, 0.29) is 5.78 Å². The Labute approximate surface area is 115 Å². The van der Waals surface area contributed by atoms with E-state index >= 15 is 0 Å². The van der Waals surface area contributed by atoms with Gasteiger partial charge in [-0.2, -0.15) is 13.2 Å². The molecule has 4 heteroatoms. The van der Waals surface area contributed by atoms with E-state index < -0.39 is 11.7 Å². The Balaban J connectivity index is 2.30. The van der Waals surface area contributed by atoms with E-state index in [9.17, 15) is 18.0 Å². The van der Waals surface area contributed by atoms with Gasteiger partial charge < -0.3 is 0 Å². The van der Waals surface area contributed by atoms with Crippen LogP contribution in [-0.4, -0.2) is 5.78 Å². The molecule has 0 saturated carbocycles. The quantitative estimate of drug-likeness (QED) is 0.735. The average molecular weight is 278 g/mol. The van der Waals surface area contributed by atoms with Gasteiger partial charge in [-0.25, -0.2) is 0 Å². The second-order valence-corrected chi connectivity index (χ2v) is 4.75. The number of Topliss-reactive ketones (excluding diaryl/α,β-unsaturated/α-hetero) is 1. The Hall–Kier alpha value is -2.10. The molecule has 1 nitrogen and oxygen atoms in total. The van der Waals surface area contributed by atoms with Crippen LogP contribution in [0.5, 0.6) is 0 Å². The highest BCUT2D eigenvalue weighted by atomic mass is 19.4. The zero-order chi connectivity index (χ0) is 14.9. The number of carbonyl (C=O) groups is 1. The van der Waals surface area contributed by atoms with Gasteiger partial charge in [-0.3, -0.25) is 4.79 Å². The van der Waals surface area contributed by atoms with Crippen molar-refractivity contribution in [3.63, 3.8) is 0 Å². The summed E-state index contributed by atoms with van der Waals surface area (Å²) in [4.78, 5) is 11.6. The van der Waals surface area contributed by atoms with Gasteiger partial charge in [0.15, 0.2) is 5.78 Å².